The first-order valence-corrected chi connectivity index (χ1v) is 7.30. The van der Waals surface area contributed by atoms with Gasteiger partial charge in [-0.1, -0.05) is 11.6 Å². The molecule has 1 saturated carbocycles. The second kappa shape index (κ2) is 5.74. The number of nitrogens with zero attached hydrogens (tertiary/aromatic N) is 1. The summed E-state index contributed by atoms with van der Waals surface area (Å²) >= 11 is 5.95. The van der Waals surface area contributed by atoms with E-state index in [-0.39, 0.29) is 5.91 Å². The highest BCUT2D eigenvalue weighted by molar-refractivity contribution is 6.30. The fourth-order valence-corrected chi connectivity index (χ4v) is 2.27. The van der Waals surface area contributed by atoms with Crippen molar-refractivity contribution < 1.29 is 4.79 Å². The first kappa shape index (κ1) is 13.9. The van der Waals surface area contributed by atoms with Crippen LogP contribution in [-0.2, 0) is 0 Å². The quantitative estimate of drug-likeness (QED) is 0.906. The molecule has 3 rings (SSSR count). The van der Waals surface area contributed by atoms with Gasteiger partial charge in [-0.15, -0.1) is 0 Å². The molecular weight excluding hydrogens is 286 g/mol. The van der Waals surface area contributed by atoms with Crippen LogP contribution in [0.2, 0.25) is 5.02 Å². The minimum Gasteiger partial charge on any atom is -0.355 e. The average Bonchev–Trinajstić information content (AvgIpc) is 3.26. The SMILES string of the molecule is Cc1cc(Cl)ccc1Nc1ccnc(C(=O)NC2CC2)c1. The van der Waals surface area contributed by atoms with Gasteiger partial charge in [0.25, 0.3) is 5.91 Å². The Hall–Kier alpha value is -2.07. The predicted molar refractivity (Wildman–Crippen MR) is 84.2 cm³/mol. The van der Waals surface area contributed by atoms with Gasteiger partial charge in [0.2, 0.25) is 0 Å². The van der Waals surface area contributed by atoms with E-state index in [1.54, 1.807) is 12.3 Å². The van der Waals surface area contributed by atoms with Gasteiger partial charge in [0.1, 0.15) is 5.69 Å². The van der Waals surface area contributed by atoms with Gasteiger partial charge in [0.05, 0.1) is 0 Å². The summed E-state index contributed by atoms with van der Waals surface area (Å²) in [5.74, 6) is -0.117. The van der Waals surface area contributed by atoms with Crippen LogP contribution in [0.5, 0.6) is 0 Å². The molecule has 21 heavy (non-hydrogen) atoms. The lowest BCUT2D eigenvalue weighted by Crippen LogP contribution is -2.26. The lowest BCUT2D eigenvalue weighted by Gasteiger charge is -2.11. The van der Waals surface area contributed by atoms with Crippen LogP contribution in [0.15, 0.2) is 36.5 Å². The lowest BCUT2D eigenvalue weighted by molar-refractivity contribution is 0.0946. The van der Waals surface area contributed by atoms with Crippen molar-refractivity contribution >= 4 is 28.9 Å². The molecule has 1 aliphatic rings. The number of aryl methyl sites for hydroxylation is 1. The molecule has 0 saturated heterocycles. The van der Waals surface area contributed by atoms with E-state index in [1.165, 1.54) is 0 Å². The molecule has 5 heteroatoms. The van der Waals surface area contributed by atoms with E-state index in [0.29, 0.717) is 16.8 Å². The Morgan fingerprint density at radius 3 is 2.81 bits per heavy atom. The topological polar surface area (TPSA) is 54.0 Å². The Morgan fingerprint density at radius 2 is 2.10 bits per heavy atom. The number of anilines is 2. The summed E-state index contributed by atoms with van der Waals surface area (Å²) in [6, 6.07) is 9.56. The zero-order valence-corrected chi connectivity index (χ0v) is 12.4. The minimum absolute atomic E-state index is 0.117. The van der Waals surface area contributed by atoms with Crippen molar-refractivity contribution in [3.63, 3.8) is 0 Å². The summed E-state index contributed by atoms with van der Waals surface area (Å²) in [6.45, 7) is 1.98. The first-order valence-electron chi connectivity index (χ1n) is 6.92. The highest BCUT2D eigenvalue weighted by Crippen LogP contribution is 2.24. The van der Waals surface area contributed by atoms with Gasteiger partial charge in [0.15, 0.2) is 0 Å². The van der Waals surface area contributed by atoms with Gasteiger partial charge in [-0.2, -0.15) is 0 Å². The molecule has 2 N–H and O–H groups in total. The molecule has 0 aliphatic heterocycles. The zero-order valence-electron chi connectivity index (χ0n) is 11.7. The maximum absolute atomic E-state index is 12.0. The molecular formula is C16H16ClN3O. The Kier molecular flexibility index (Phi) is 3.80. The van der Waals surface area contributed by atoms with Crippen LogP contribution in [0, 0.1) is 6.92 Å². The molecule has 0 unspecified atom stereocenters. The number of rotatable bonds is 4. The number of benzene rings is 1. The van der Waals surface area contributed by atoms with E-state index in [0.717, 1.165) is 29.8 Å². The Labute approximate surface area is 128 Å². The Morgan fingerprint density at radius 1 is 1.29 bits per heavy atom. The van der Waals surface area contributed by atoms with E-state index in [9.17, 15) is 4.79 Å². The summed E-state index contributed by atoms with van der Waals surface area (Å²) in [5.41, 5.74) is 3.26. The van der Waals surface area contributed by atoms with Gasteiger partial charge >= 0.3 is 0 Å². The molecule has 1 amide bonds. The Bertz CT molecular complexity index is 683. The van der Waals surface area contributed by atoms with E-state index in [1.807, 2.05) is 31.2 Å². The van der Waals surface area contributed by atoms with Crippen molar-refractivity contribution in [2.75, 3.05) is 5.32 Å². The first-order chi connectivity index (χ1) is 10.1. The van der Waals surface area contributed by atoms with Crippen LogP contribution < -0.4 is 10.6 Å². The van der Waals surface area contributed by atoms with E-state index in [2.05, 4.69) is 15.6 Å². The summed E-state index contributed by atoms with van der Waals surface area (Å²) in [5, 5.41) is 6.92. The van der Waals surface area contributed by atoms with Gasteiger partial charge in [-0.3, -0.25) is 9.78 Å². The number of hydrogen-bond acceptors (Lipinski definition) is 3. The second-order valence-corrected chi connectivity index (χ2v) is 5.70. The van der Waals surface area contributed by atoms with Gasteiger partial charge in [-0.25, -0.2) is 0 Å². The predicted octanol–water partition coefficient (Wildman–Crippen LogP) is 3.68. The van der Waals surface area contributed by atoms with Gasteiger partial charge in [-0.05, 0) is 55.7 Å². The van der Waals surface area contributed by atoms with Crippen LogP contribution in [0.25, 0.3) is 0 Å². The number of nitrogens with one attached hydrogen (secondary N) is 2. The van der Waals surface area contributed by atoms with Crippen molar-refractivity contribution in [2.45, 2.75) is 25.8 Å². The van der Waals surface area contributed by atoms with E-state index >= 15 is 0 Å². The van der Waals surface area contributed by atoms with Gasteiger partial charge < -0.3 is 10.6 Å². The summed E-state index contributed by atoms with van der Waals surface area (Å²) < 4.78 is 0. The highest BCUT2D eigenvalue weighted by Gasteiger charge is 2.24. The molecule has 1 aromatic heterocycles. The summed E-state index contributed by atoms with van der Waals surface area (Å²) in [4.78, 5) is 16.1. The number of amides is 1. The number of carbonyl (C=O) groups is 1. The lowest BCUT2D eigenvalue weighted by atomic mass is 10.2. The molecule has 1 fully saturated rings. The second-order valence-electron chi connectivity index (χ2n) is 5.26. The third-order valence-electron chi connectivity index (χ3n) is 3.37. The molecule has 0 spiro atoms. The van der Waals surface area contributed by atoms with Crippen LogP contribution in [0.4, 0.5) is 11.4 Å². The molecule has 1 aromatic carbocycles. The molecule has 0 bridgehead atoms. The number of hydrogen-bond donors (Lipinski definition) is 2. The molecule has 108 valence electrons. The normalized spacial score (nSPS) is 13.8. The van der Waals surface area contributed by atoms with Crippen LogP contribution in [-0.4, -0.2) is 16.9 Å². The maximum atomic E-state index is 12.0. The van der Waals surface area contributed by atoms with Crippen molar-refractivity contribution in [3.8, 4) is 0 Å². The van der Waals surface area contributed by atoms with Crippen molar-refractivity contribution in [1.29, 1.82) is 0 Å². The van der Waals surface area contributed by atoms with E-state index < -0.39 is 0 Å². The van der Waals surface area contributed by atoms with Crippen LogP contribution in [0.3, 0.4) is 0 Å². The van der Waals surface area contributed by atoms with Crippen molar-refractivity contribution in [1.82, 2.24) is 10.3 Å². The van der Waals surface area contributed by atoms with Gasteiger partial charge in [0, 0.05) is 28.6 Å². The minimum atomic E-state index is -0.117. The number of carbonyl (C=O) groups excluding carboxylic acids is 1. The number of halogens is 1. The maximum Gasteiger partial charge on any atom is 0.270 e. The van der Waals surface area contributed by atoms with Crippen molar-refractivity contribution in [2.24, 2.45) is 0 Å². The standard InChI is InChI=1S/C16H16ClN3O/c1-10-8-11(17)2-5-14(10)19-13-6-7-18-15(9-13)16(21)20-12-3-4-12/h2,5-9,12H,3-4H2,1H3,(H,18,19)(H,20,21). The summed E-state index contributed by atoms with van der Waals surface area (Å²) in [6.07, 6.45) is 3.76. The van der Waals surface area contributed by atoms with Crippen LogP contribution in [0.1, 0.15) is 28.9 Å². The van der Waals surface area contributed by atoms with Crippen molar-refractivity contribution in [3.05, 3.63) is 52.8 Å². The molecule has 1 heterocycles. The molecule has 0 radical (unpaired) electrons. The largest absolute Gasteiger partial charge is 0.355 e. The molecule has 4 nitrogen and oxygen atoms in total. The third kappa shape index (κ3) is 3.52. The molecule has 2 aromatic rings. The third-order valence-corrected chi connectivity index (χ3v) is 3.61. The fourth-order valence-electron chi connectivity index (χ4n) is 2.04. The average molecular weight is 302 g/mol. The highest BCUT2D eigenvalue weighted by atomic mass is 35.5. The zero-order chi connectivity index (χ0) is 14.8. The van der Waals surface area contributed by atoms with E-state index in [4.69, 9.17) is 11.6 Å². The molecule has 1 aliphatic carbocycles. The number of pyridine rings is 1. The fraction of sp³-hybridized carbons (Fsp3) is 0.250. The molecule has 0 atom stereocenters. The Balaban J connectivity index is 1.77. The summed E-state index contributed by atoms with van der Waals surface area (Å²) in [7, 11) is 0. The van der Waals surface area contributed by atoms with Crippen LogP contribution >= 0.6 is 11.6 Å². The number of aromatic nitrogens is 1. The monoisotopic (exact) mass is 301 g/mol. The smallest absolute Gasteiger partial charge is 0.270 e.